The van der Waals surface area contributed by atoms with Gasteiger partial charge in [-0.2, -0.15) is 0 Å². The van der Waals surface area contributed by atoms with Gasteiger partial charge in [-0.25, -0.2) is 4.79 Å². The molecular formula is C8H16N2O3. The SMILES string of the molecule is COCC1CN(C(=O)O)CCC1N. The summed E-state index contributed by atoms with van der Waals surface area (Å²) >= 11 is 0. The summed E-state index contributed by atoms with van der Waals surface area (Å²) in [5.41, 5.74) is 5.83. The minimum atomic E-state index is -0.868. The van der Waals surface area contributed by atoms with Crippen LogP contribution < -0.4 is 5.73 Å². The van der Waals surface area contributed by atoms with Crippen LogP contribution in [0.3, 0.4) is 0 Å². The van der Waals surface area contributed by atoms with Crippen molar-refractivity contribution >= 4 is 6.09 Å². The maximum absolute atomic E-state index is 10.7. The lowest BCUT2D eigenvalue weighted by Gasteiger charge is -2.34. The normalized spacial score (nSPS) is 28.9. The van der Waals surface area contributed by atoms with Crippen LogP contribution in [-0.4, -0.2) is 48.9 Å². The number of piperidine rings is 1. The van der Waals surface area contributed by atoms with Crippen molar-refractivity contribution in [2.75, 3.05) is 26.8 Å². The Hall–Kier alpha value is -0.810. The molecule has 2 unspecified atom stereocenters. The molecule has 76 valence electrons. The molecule has 1 amide bonds. The van der Waals surface area contributed by atoms with Crippen molar-refractivity contribution in [1.29, 1.82) is 0 Å². The van der Waals surface area contributed by atoms with Crippen LogP contribution in [-0.2, 0) is 4.74 Å². The number of amides is 1. The van der Waals surface area contributed by atoms with Crippen LogP contribution in [0.1, 0.15) is 6.42 Å². The molecule has 2 atom stereocenters. The zero-order chi connectivity index (χ0) is 9.84. The smallest absolute Gasteiger partial charge is 0.407 e. The molecule has 0 spiro atoms. The Morgan fingerprint density at radius 1 is 1.77 bits per heavy atom. The van der Waals surface area contributed by atoms with Gasteiger partial charge in [0.15, 0.2) is 0 Å². The lowest BCUT2D eigenvalue weighted by atomic mass is 9.94. The molecule has 1 fully saturated rings. The van der Waals surface area contributed by atoms with Crippen molar-refractivity contribution in [3.05, 3.63) is 0 Å². The summed E-state index contributed by atoms with van der Waals surface area (Å²) in [6, 6.07) is 0.0653. The molecule has 3 N–H and O–H groups in total. The maximum Gasteiger partial charge on any atom is 0.407 e. The van der Waals surface area contributed by atoms with E-state index in [1.54, 1.807) is 7.11 Å². The Kier molecular flexibility index (Phi) is 3.50. The first-order valence-electron chi connectivity index (χ1n) is 4.37. The maximum atomic E-state index is 10.7. The number of carbonyl (C=O) groups is 1. The molecule has 0 bridgehead atoms. The van der Waals surface area contributed by atoms with Crippen molar-refractivity contribution in [3.63, 3.8) is 0 Å². The molecule has 0 aromatic heterocycles. The molecule has 0 aromatic rings. The summed E-state index contributed by atoms with van der Waals surface area (Å²) in [4.78, 5) is 12.1. The first-order valence-corrected chi connectivity index (χ1v) is 4.37. The molecule has 13 heavy (non-hydrogen) atoms. The molecule has 0 aliphatic carbocycles. The molecule has 1 rings (SSSR count). The number of carboxylic acid groups (broad SMARTS) is 1. The molecular weight excluding hydrogens is 172 g/mol. The third-order valence-electron chi connectivity index (χ3n) is 2.44. The van der Waals surface area contributed by atoms with Gasteiger partial charge in [0.2, 0.25) is 0 Å². The van der Waals surface area contributed by atoms with Gasteiger partial charge in [-0.05, 0) is 6.42 Å². The Labute approximate surface area is 77.5 Å². The molecule has 1 aliphatic heterocycles. The lowest BCUT2D eigenvalue weighted by molar-refractivity contribution is 0.0725. The molecule has 0 saturated carbocycles. The van der Waals surface area contributed by atoms with E-state index in [9.17, 15) is 4.79 Å². The Bertz CT molecular complexity index is 186. The second kappa shape index (κ2) is 4.43. The monoisotopic (exact) mass is 188 g/mol. The number of hydrogen-bond acceptors (Lipinski definition) is 3. The van der Waals surface area contributed by atoms with Crippen LogP contribution in [0, 0.1) is 5.92 Å². The van der Waals surface area contributed by atoms with E-state index in [4.69, 9.17) is 15.6 Å². The fourth-order valence-electron chi connectivity index (χ4n) is 1.61. The lowest BCUT2D eigenvalue weighted by Crippen LogP contribution is -2.50. The third kappa shape index (κ3) is 2.57. The number of methoxy groups -OCH3 is 1. The van der Waals surface area contributed by atoms with E-state index < -0.39 is 6.09 Å². The fraction of sp³-hybridized carbons (Fsp3) is 0.875. The van der Waals surface area contributed by atoms with Gasteiger partial charge in [0.25, 0.3) is 0 Å². The number of nitrogens with zero attached hydrogens (tertiary/aromatic N) is 1. The molecule has 0 radical (unpaired) electrons. The number of hydrogen-bond donors (Lipinski definition) is 2. The van der Waals surface area contributed by atoms with Gasteiger partial charge in [-0.3, -0.25) is 0 Å². The second-order valence-corrected chi connectivity index (χ2v) is 3.40. The number of ether oxygens (including phenoxy) is 1. The van der Waals surface area contributed by atoms with Gasteiger partial charge >= 0.3 is 6.09 Å². The van der Waals surface area contributed by atoms with Crippen molar-refractivity contribution in [3.8, 4) is 0 Å². The van der Waals surface area contributed by atoms with Gasteiger partial charge in [0.05, 0.1) is 6.61 Å². The van der Waals surface area contributed by atoms with E-state index >= 15 is 0 Å². The first-order chi connectivity index (χ1) is 6.15. The average Bonchev–Trinajstić information content (AvgIpc) is 2.08. The standard InChI is InChI=1S/C8H16N2O3/c1-13-5-6-4-10(8(11)12)3-2-7(6)9/h6-7H,2-5,9H2,1H3,(H,11,12). The minimum absolute atomic E-state index is 0.0653. The quantitative estimate of drug-likeness (QED) is 0.637. The van der Waals surface area contributed by atoms with Gasteiger partial charge in [-0.15, -0.1) is 0 Å². The summed E-state index contributed by atoms with van der Waals surface area (Å²) in [7, 11) is 1.60. The van der Waals surface area contributed by atoms with E-state index in [0.29, 0.717) is 19.7 Å². The second-order valence-electron chi connectivity index (χ2n) is 3.40. The van der Waals surface area contributed by atoms with E-state index in [0.717, 1.165) is 6.42 Å². The largest absolute Gasteiger partial charge is 0.465 e. The van der Waals surface area contributed by atoms with E-state index in [1.165, 1.54) is 4.90 Å². The van der Waals surface area contributed by atoms with Gasteiger partial charge in [0.1, 0.15) is 0 Å². The Morgan fingerprint density at radius 3 is 3.00 bits per heavy atom. The zero-order valence-electron chi connectivity index (χ0n) is 7.77. The highest BCUT2D eigenvalue weighted by Crippen LogP contribution is 2.15. The first kappa shape index (κ1) is 10.3. The van der Waals surface area contributed by atoms with Crippen LogP contribution in [0.4, 0.5) is 4.79 Å². The summed E-state index contributed by atoms with van der Waals surface area (Å²) in [6.07, 6.45) is -0.145. The zero-order valence-corrected chi connectivity index (χ0v) is 7.77. The predicted molar refractivity (Wildman–Crippen MR) is 47.6 cm³/mol. The van der Waals surface area contributed by atoms with Gasteiger partial charge < -0.3 is 20.5 Å². The topological polar surface area (TPSA) is 75.8 Å². The van der Waals surface area contributed by atoms with Crippen molar-refractivity contribution < 1.29 is 14.6 Å². The fourth-order valence-corrected chi connectivity index (χ4v) is 1.61. The van der Waals surface area contributed by atoms with E-state index in [-0.39, 0.29) is 12.0 Å². The third-order valence-corrected chi connectivity index (χ3v) is 2.44. The number of nitrogens with two attached hydrogens (primary N) is 1. The molecule has 5 nitrogen and oxygen atoms in total. The Balaban J connectivity index is 2.47. The summed E-state index contributed by atoms with van der Waals surface area (Å²) < 4.78 is 4.98. The highest BCUT2D eigenvalue weighted by molar-refractivity contribution is 5.65. The molecule has 1 saturated heterocycles. The minimum Gasteiger partial charge on any atom is -0.465 e. The summed E-state index contributed by atoms with van der Waals surface area (Å²) in [6.45, 7) is 1.56. The number of rotatable bonds is 2. The van der Waals surface area contributed by atoms with Crippen molar-refractivity contribution in [2.24, 2.45) is 11.7 Å². The molecule has 1 aliphatic rings. The highest BCUT2D eigenvalue weighted by atomic mass is 16.5. The number of likely N-dealkylation sites (tertiary alicyclic amines) is 1. The molecule has 1 heterocycles. The van der Waals surface area contributed by atoms with Crippen LogP contribution in [0.2, 0.25) is 0 Å². The predicted octanol–water partition coefficient (Wildman–Crippen LogP) is -0.0400. The van der Waals surface area contributed by atoms with Gasteiger partial charge in [-0.1, -0.05) is 0 Å². The van der Waals surface area contributed by atoms with Crippen LogP contribution in [0.5, 0.6) is 0 Å². The van der Waals surface area contributed by atoms with E-state index in [1.807, 2.05) is 0 Å². The van der Waals surface area contributed by atoms with Crippen LogP contribution in [0.25, 0.3) is 0 Å². The van der Waals surface area contributed by atoms with Crippen molar-refractivity contribution in [1.82, 2.24) is 4.90 Å². The van der Waals surface area contributed by atoms with Crippen molar-refractivity contribution in [2.45, 2.75) is 12.5 Å². The highest BCUT2D eigenvalue weighted by Gasteiger charge is 2.28. The van der Waals surface area contributed by atoms with Crippen LogP contribution >= 0.6 is 0 Å². The van der Waals surface area contributed by atoms with E-state index in [2.05, 4.69) is 0 Å². The summed E-state index contributed by atoms with van der Waals surface area (Å²) in [5.74, 6) is 0.134. The van der Waals surface area contributed by atoms with Crippen LogP contribution in [0.15, 0.2) is 0 Å². The average molecular weight is 188 g/mol. The summed E-state index contributed by atoms with van der Waals surface area (Å²) in [5, 5.41) is 8.75. The van der Waals surface area contributed by atoms with Gasteiger partial charge in [0, 0.05) is 32.2 Å². The molecule has 5 heteroatoms. The Morgan fingerprint density at radius 2 is 2.46 bits per heavy atom. The molecule has 0 aromatic carbocycles.